The molecule has 0 fully saturated rings. The van der Waals surface area contributed by atoms with Gasteiger partial charge in [-0.15, -0.1) is 0 Å². The number of nitrogens with zero attached hydrogens (tertiary/aromatic N) is 2. The molecule has 1 aromatic heterocycles. The molecule has 0 aliphatic rings. The van der Waals surface area contributed by atoms with Crippen molar-refractivity contribution in [2.45, 2.75) is 39.3 Å². The fourth-order valence-corrected chi connectivity index (χ4v) is 2.94. The van der Waals surface area contributed by atoms with Crippen molar-refractivity contribution in [3.8, 4) is 11.8 Å². The van der Waals surface area contributed by atoms with Gasteiger partial charge in [0.05, 0.1) is 5.56 Å². The summed E-state index contributed by atoms with van der Waals surface area (Å²) in [6.07, 6.45) is 1.82. The Balaban J connectivity index is 2.37. The number of carbonyl (C=O) groups is 2. The van der Waals surface area contributed by atoms with E-state index in [2.05, 4.69) is 5.32 Å². The Hall–Kier alpha value is -3.51. The van der Waals surface area contributed by atoms with E-state index in [4.69, 9.17) is 9.47 Å². The summed E-state index contributed by atoms with van der Waals surface area (Å²) >= 11 is 0. The normalized spacial score (nSPS) is 11.0. The summed E-state index contributed by atoms with van der Waals surface area (Å²) in [5, 5.41) is 12.0. The SMILES string of the molecule is COCCCn1cc(C(=O)c2cc(F)ccc2OCC(=O)NC(C)(C)C)cc(C#N)c1=O. The van der Waals surface area contributed by atoms with Crippen molar-refractivity contribution in [3.63, 3.8) is 0 Å². The smallest absolute Gasteiger partial charge is 0.268 e. The third kappa shape index (κ3) is 6.75. The van der Waals surface area contributed by atoms with Crippen LogP contribution >= 0.6 is 0 Å². The minimum atomic E-state index is -0.672. The molecule has 1 aromatic carbocycles. The summed E-state index contributed by atoms with van der Waals surface area (Å²) in [6.45, 7) is 5.69. The van der Waals surface area contributed by atoms with Crippen molar-refractivity contribution in [2.24, 2.45) is 0 Å². The molecule has 1 heterocycles. The van der Waals surface area contributed by atoms with Crippen LogP contribution in [0.3, 0.4) is 0 Å². The number of nitriles is 1. The summed E-state index contributed by atoms with van der Waals surface area (Å²) in [5.41, 5.74) is -1.31. The zero-order valence-corrected chi connectivity index (χ0v) is 18.5. The summed E-state index contributed by atoms with van der Waals surface area (Å²) in [7, 11) is 1.52. The molecular formula is C23H26FN3O5. The lowest BCUT2D eigenvalue weighted by molar-refractivity contribution is -0.124. The third-order valence-electron chi connectivity index (χ3n) is 4.28. The highest BCUT2D eigenvalue weighted by atomic mass is 19.1. The number of ether oxygens (including phenoxy) is 2. The van der Waals surface area contributed by atoms with Gasteiger partial charge in [-0.25, -0.2) is 4.39 Å². The Morgan fingerprint density at radius 2 is 1.97 bits per heavy atom. The fraction of sp³-hybridized carbons (Fsp3) is 0.391. The molecule has 9 heteroatoms. The number of pyridine rings is 1. The average molecular weight is 443 g/mol. The van der Waals surface area contributed by atoms with Crippen LogP contribution in [0, 0.1) is 17.1 Å². The number of halogens is 1. The minimum Gasteiger partial charge on any atom is -0.483 e. The van der Waals surface area contributed by atoms with Gasteiger partial charge in [0, 0.05) is 37.6 Å². The van der Waals surface area contributed by atoms with Crippen LogP contribution in [0.2, 0.25) is 0 Å². The van der Waals surface area contributed by atoms with Gasteiger partial charge in [-0.1, -0.05) is 0 Å². The van der Waals surface area contributed by atoms with E-state index in [1.807, 2.05) is 20.8 Å². The Kier molecular flexibility index (Phi) is 8.27. The second kappa shape index (κ2) is 10.7. The maximum atomic E-state index is 13.9. The molecule has 0 radical (unpaired) electrons. The third-order valence-corrected chi connectivity index (χ3v) is 4.28. The summed E-state index contributed by atoms with van der Waals surface area (Å²) in [4.78, 5) is 37.6. The van der Waals surface area contributed by atoms with Crippen LogP contribution in [0.1, 0.15) is 48.7 Å². The largest absolute Gasteiger partial charge is 0.483 e. The minimum absolute atomic E-state index is 0.0103. The van der Waals surface area contributed by atoms with Crippen molar-refractivity contribution in [2.75, 3.05) is 20.3 Å². The number of aryl methyl sites for hydroxylation is 1. The molecular weight excluding hydrogens is 417 g/mol. The number of rotatable bonds is 9. The lowest BCUT2D eigenvalue weighted by Crippen LogP contribution is -2.43. The molecule has 0 unspecified atom stereocenters. The molecule has 0 aliphatic carbocycles. The number of ketones is 1. The zero-order valence-electron chi connectivity index (χ0n) is 18.5. The highest BCUT2D eigenvalue weighted by Gasteiger charge is 2.20. The van der Waals surface area contributed by atoms with Gasteiger partial charge in [0.2, 0.25) is 0 Å². The molecule has 0 saturated carbocycles. The Morgan fingerprint density at radius 1 is 1.25 bits per heavy atom. The van der Waals surface area contributed by atoms with Crippen molar-refractivity contribution >= 4 is 11.7 Å². The predicted molar refractivity (Wildman–Crippen MR) is 115 cm³/mol. The molecule has 0 saturated heterocycles. The first kappa shape index (κ1) is 24.8. The molecule has 1 amide bonds. The van der Waals surface area contributed by atoms with Crippen LogP contribution in [-0.4, -0.2) is 42.1 Å². The Morgan fingerprint density at radius 3 is 2.59 bits per heavy atom. The highest BCUT2D eigenvalue weighted by Crippen LogP contribution is 2.23. The van der Waals surface area contributed by atoms with Crippen LogP contribution in [0.25, 0.3) is 0 Å². The molecule has 8 nitrogen and oxygen atoms in total. The van der Waals surface area contributed by atoms with Gasteiger partial charge < -0.3 is 19.4 Å². The first-order chi connectivity index (χ1) is 15.1. The first-order valence-corrected chi connectivity index (χ1v) is 9.97. The van der Waals surface area contributed by atoms with Gasteiger partial charge in [-0.2, -0.15) is 5.26 Å². The van der Waals surface area contributed by atoms with E-state index in [-0.39, 0.29) is 35.6 Å². The number of aromatic nitrogens is 1. The second-order valence-corrected chi connectivity index (χ2v) is 8.16. The topological polar surface area (TPSA) is 110 Å². The van der Waals surface area contributed by atoms with Crippen LogP contribution < -0.4 is 15.6 Å². The van der Waals surface area contributed by atoms with E-state index in [1.54, 1.807) is 6.07 Å². The van der Waals surface area contributed by atoms with Gasteiger partial charge in [0.25, 0.3) is 11.5 Å². The van der Waals surface area contributed by atoms with Crippen LogP contribution in [0.4, 0.5) is 4.39 Å². The van der Waals surface area contributed by atoms with E-state index >= 15 is 0 Å². The molecule has 0 aliphatic heterocycles. The van der Waals surface area contributed by atoms with E-state index in [0.29, 0.717) is 13.0 Å². The van der Waals surface area contributed by atoms with Crippen LogP contribution in [0.5, 0.6) is 5.75 Å². The molecule has 0 bridgehead atoms. The van der Waals surface area contributed by atoms with Gasteiger partial charge in [0.1, 0.15) is 23.2 Å². The van der Waals surface area contributed by atoms with Crippen molar-refractivity contribution in [1.82, 2.24) is 9.88 Å². The molecule has 2 rings (SSSR count). The predicted octanol–water partition coefficient (Wildman–Crippen LogP) is 2.42. The summed E-state index contributed by atoms with van der Waals surface area (Å²) < 4.78 is 25.6. The maximum absolute atomic E-state index is 13.9. The van der Waals surface area contributed by atoms with Crippen molar-refractivity contribution in [3.05, 3.63) is 63.3 Å². The van der Waals surface area contributed by atoms with Crippen molar-refractivity contribution < 1.29 is 23.5 Å². The van der Waals surface area contributed by atoms with Gasteiger partial charge >= 0.3 is 0 Å². The zero-order chi connectivity index (χ0) is 23.9. The van der Waals surface area contributed by atoms with Gasteiger partial charge in [0.15, 0.2) is 12.4 Å². The fourth-order valence-electron chi connectivity index (χ4n) is 2.94. The number of hydrogen-bond donors (Lipinski definition) is 1. The van der Waals surface area contributed by atoms with Gasteiger partial charge in [-0.3, -0.25) is 14.4 Å². The summed E-state index contributed by atoms with van der Waals surface area (Å²) in [5.74, 6) is -1.71. The highest BCUT2D eigenvalue weighted by molar-refractivity contribution is 6.10. The average Bonchev–Trinajstić information content (AvgIpc) is 2.72. The first-order valence-electron chi connectivity index (χ1n) is 9.97. The van der Waals surface area contributed by atoms with Gasteiger partial charge in [-0.05, 0) is 51.5 Å². The molecule has 0 spiro atoms. The van der Waals surface area contributed by atoms with Crippen LogP contribution in [-0.2, 0) is 16.1 Å². The van der Waals surface area contributed by atoms with E-state index in [9.17, 15) is 24.0 Å². The molecule has 32 heavy (non-hydrogen) atoms. The number of nitrogens with one attached hydrogen (secondary N) is 1. The number of hydrogen-bond acceptors (Lipinski definition) is 6. The molecule has 1 N–H and O–H groups in total. The van der Waals surface area contributed by atoms with E-state index in [0.717, 1.165) is 12.1 Å². The maximum Gasteiger partial charge on any atom is 0.268 e. The second-order valence-electron chi connectivity index (χ2n) is 8.16. The quantitative estimate of drug-likeness (QED) is 0.471. The van der Waals surface area contributed by atoms with E-state index < -0.39 is 28.6 Å². The lowest BCUT2D eigenvalue weighted by atomic mass is 10.0. The molecule has 170 valence electrons. The number of methoxy groups -OCH3 is 1. The van der Waals surface area contributed by atoms with Crippen LogP contribution in [0.15, 0.2) is 35.3 Å². The van der Waals surface area contributed by atoms with E-state index in [1.165, 1.54) is 30.0 Å². The Bertz CT molecular complexity index is 1100. The van der Waals surface area contributed by atoms with Crippen molar-refractivity contribution in [1.29, 1.82) is 5.26 Å². The standard InChI is InChI=1S/C23H26FN3O5/c1-23(2,3)26-20(28)14-32-19-7-6-17(24)11-18(19)21(29)16-10-15(12-25)22(30)27(13-16)8-5-9-31-4/h6-7,10-11,13H,5,8-9,14H2,1-4H3,(H,26,28). The monoisotopic (exact) mass is 443 g/mol. The lowest BCUT2D eigenvalue weighted by Gasteiger charge is -2.20. The number of benzene rings is 1. The number of amides is 1. The Labute approximate surface area is 185 Å². The molecule has 0 atom stereocenters. The number of carbonyl (C=O) groups excluding carboxylic acids is 2. The summed E-state index contributed by atoms with van der Waals surface area (Å²) in [6, 6.07) is 6.31. The molecule has 2 aromatic rings.